The monoisotopic (exact) mass is 300 g/mol. The second kappa shape index (κ2) is 4.86. The zero-order valence-electron chi connectivity index (χ0n) is 10.3. The molecule has 0 bridgehead atoms. The Bertz CT molecular complexity index is 429. The first-order valence-corrected chi connectivity index (χ1v) is 6.58. The maximum atomic E-state index is 9.35. The fourth-order valence-electron chi connectivity index (χ4n) is 2.17. The van der Waals surface area contributed by atoms with E-state index in [1.165, 1.54) is 0 Å². The lowest BCUT2D eigenvalue weighted by Gasteiger charge is -2.20. The van der Waals surface area contributed by atoms with Gasteiger partial charge < -0.3 is 14.6 Å². The zero-order chi connectivity index (χ0) is 12.6. The molecule has 1 aromatic carbocycles. The van der Waals surface area contributed by atoms with Crippen molar-refractivity contribution in [1.29, 1.82) is 0 Å². The minimum Gasteiger partial charge on any atom is -0.453 e. The first-order chi connectivity index (χ1) is 8.06. The second-order valence-electron chi connectivity index (χ2n) is 4.66. The highest BCUT2D eigenvalue weighted by atomic mass is 79.9. The highest BCUT2D eigenvalue weighted by Gasteiger charge is 2.27. The van der Waals surface area contributed by atoms with E-state index in [-0.39, 0.29) is 19.3 Å². The Labute approximate surface area is 110 Å². The number of rotatable bonds is 3. The first kappa shape index (κ1) is 12.7. The lowest BCUT2D eigenvalue weighted by atomic mass is 9.89. The van der Waals surface area contributed by atoms with E-state index in [2.05, 4.69) is 29.8 Å². The highest BCUT2D eigenvalue weighted by Crippen LogP contribution is 2.47. The van der Waals surface area contributed by atoms with E-state index in [1.807, 2.05) is 13.0 Å². The van der Waals surface area contributed by atoms with Crippen LogP contribution in [0.3, 0.4) is 0 Å². The lowest BCUT2D eigenvalue weighted by molar-refractivity contribution is 0.172. The summed E-state index contributed by atoms with van der Waals surface area (Å²) in [6, 6.07) is 2.03. The fraction of sp³-hybridized carbons (Fsp3) is 0.538. The summed E-state index contributed by atoms with van der Waals surface area (Å²) in [5, 5.41) is 9.35. The molecule has 0 radical (unpaired) electrons. The molecule has 17 heavy (non-hydrogen) atoms. The highest BCUT2D eigenvalue weighted by molar-refractivity contribution is 9.10. The number of ether oxygens (including phenoxy) is 2. The smallest absolute Gasteiger partial charge is 0.231 e. The average Bonchev–Trinajstić information content (AvgIpc) is 2.76. The summed E-state index contributed by atoms with van der Waals surface area (Å²) in [6.45, 7) is 6.66. The summed E-state index contributed by atoms with van der Waals surface area (Å²) in [4.78, 5) is 0. The number of hydrogen-bond acceptors (Lipinski definition) is 3. The first-order valence-electron chi connectivity index (χ1n) is 5.79. The molecule has 1 N–H and O–H groups in total. The predicted molar refractivity (Wildman–Crippen MR) is 69.9 cm³/mol. The number of aliphatic hydroxyl groups is 1. The molecule has 0 amide bonds. The molecule has 0 aromatic heterocycles. The molecule has 0 fully saturated rings. The van der Waals surface area contributed by atoms with Gasteiger partial charge in [-0.15, -0.1) is 0 Å². The third kappa shape index (κ3) is 2.16. The molecule has 0 saturated heterocycles. The van der Waals surface area contributed by atoms with Crippen LogP contribution in [0.4, 0.5) is 0 Å². The van der Waals surface area contributed by atoms with Crippen molar-refractivity contribution in [2.75, 3.05) is 13.4 Å². The molecule has 0 saturated carbocycles. The normalized spacial score (nSPS) is 15.4. The van der Waals surface area contributed by atoms with Gasteiger partial charge in [-0.3, -0.25) is 0 Å². The van der Waals surface area contributed by atoms with Crippen LogP contribution in [0.25, 0.3) is 0 Å². The SMILES string of the molecule is CC(C)c1c(C(C)CO)cc(Br)c2c1OCO2. The van der Waals surface area contributed by atoms with Gasteiger partial charge >= 0.3 is 0 Å². The molecular weight excluding hydrogens is 284 g/mol. The Morgan fingerprint density at radius 2 is 1.94 bits per heavy atom. The zero-order valence-corrected chi connectivity index (χ0v) is 11.9. The molecule has 4 heteroatoms. The van der Waals surface area contributed by atoms with Gasteiger partial charge in [0.25, 0.3) is 0 Å². The van der Waals surface area contributed by atoms with Crippen molar-refractivity contribution in [1.82, 2.24) is 0 Å². The van der Waals surface area contributed by atoms with Gasteiger partial charge in [0.2, 0.25) is 6.79 Å². The van der Waals surface area contributed by atoms with E-state index >= 15 is 0 Å². The van der Waals surface area contributed by atoms with Gasteiger partial charge in [0.15, 0.2) is 11.5 Å². The van der Waals surface area contributed by atoms with Gasteiger partial charge in [0, 0.05) is 18.1 Å². The summed E-state index contributed by atoms with van der Waals surface area (Å²) in [5.41, 5.74) is 2.26. The van der Waals surface area contributed by atoms with E-state index in [9.17, 15) is 5.11 Å². The number of fused-ring (bicyclic) bond motifs is 1. The van der Waals surface area contributed by atoms with Crippen molar-refractivity contribution in [3.63, 3.8) is 0 Å². The number of halogens is 1. The van der Waals surface area contributed by atoms with Crippen LogP contribution in [0.5, 0.6) is 11.5 Å². The van der Waals surface area contributed by atoms with Crippen molar-refractivity contribution in [3.8, 4) is 11.5 Å². The van der Waals surface area contributed by atoms with Crippen molar-refractivity contribution < 1.29 is 14.6 Å². The second-order valence-corrected chi connectivity index (χ2v) is 5.52. The Kier molecular flexibility index (Phi) is 3.64. The Hall–Kier alpha value is -0.740. The molecule has 0 aliphatic carbocycles. The van der Waals surface area contributed by atoms with Crippen LogP contribution < -0.4 is 9.47 Å². The number of hydrogen-bond donors (Lipinski definition) is 1. The molecule has 0 spiro atoms. The van der Waals surface area contributed by atoms with Crippen LogP contribution in [-0.4, -0.2) is 18.5 Å². The van der Waals surface area contributed by atoms with Gasteiger partial charge in [-0.1, -0.05) is 20.8 Å². The van der Waals surface area contributed by atoms with E-state index in [0.717, 1.165) is 27.1 Å². The molecule has 1 atom stereocenters. The van der Waals surface area contributed by atoms with Gasteiger partial charge in [0.05, 0.1) is 4.47 Å². The van der Waals surface area contributed by atoms with Gasteiger partial charge in [0.1, 0.15) is 0 Å². The van der Waals surface area contributed by atoms with Gasteiger partial charge in [-0.05, 0) is 33.5 Å². The maximum absolute atomic E-state index is 9.35. The summed E-state index contributed by atoms with van der Waals surface area (Å²) in [5.74, 6) is 2.04. The third-order valence-corrected chi connectivity index (χ3v) is 3.64. The van der Waals surface area contributed by atoms with Crippen molar-refractivity contribution >= 4 is 15.9 Å². The van der Waals surface area contributed by atoms with Crippen molar-refractivity contribution in [3.05, 3.63) is 21.7 Å². The lowest BCUT2D eigenvalue weighted by Crippen LogP contribution is -2.06. The maximum Gasteiger partial charge on any atom is 0.231 e. The van der Waals surface area contributed by atoms with Crippen LogP contribution in [0.1, 0.15) is 43.7 Å². The van der Waals surface area contributed by atoms with Gasteiger partial charge in [-0.25, -0.2) is 0 Å². The Balaban J connectivity index is 2.63. The third-order valence-electron chi connectivity index (χ3n) is 3.05. The minimum atomic E-state index is 0.0956. The van der Waals surface area contributed by atoms with Crippen LogP contribution in [0, 0.1) is 0 Å². The average molecular weight is 301 g/mol. The molecule has 2 rings (SSSR count). The van der Waals surface area contributed by atoms with Crippen LogP contribution >= 0.6 is 15.9 Å². The molecule has 1 unspecified atom stereocenters. The predicted octanol–water partition coefficient (Wildman–Crippen LogP) is 3.40. The molecule has 3 nitrogen and oxygen atoms in total. The molecular formula is C13H17BrO3. The topological polar surface area (TPSA) is 38.7 Å². The van der Waals surface area contributed by atoms with Crippen molar-refractivity contribution in [2.24, 2.45) is 0 Å². The minimum absolute atomic E-state index is 0.0956. The van der Waals surface area contributed by atoms with E-state index in [1.54, 1.807) is 0 Å². The molecule has 1 aliphatic heterocycles. The van der Waals surface area contributed by atoms with E-state index in [4.69, 9.17) is 9.47 Å². The largest absolute Gasteiger partial charge is 0.453 e. The fourth-order valence-corrected chi connectivity index (χ4v) is 2.71. The van der Waals surface area contributed by atoms with Crippen LogP contribution in [-0.2, 0) is 0 Å². The molecule has 1 heterocycles. The summed E-state index contributed by atoms with van der Waals surface area (Å²) in [7, 11) is 0. The quantitative estimate of drug-likeness (QED) is 0.930. The molecule has 1 aromatic rings. The van der Waals surface area contributed by atoms with E-state index < -0.39 is 0 Å². The summed E-state index contributed by atoms with van der Waals surface area (Å²) in [6.07, 6.45) is 0. The molecule has 1 aliphatic rings. The summed E-state index contributed by atoms with van der Waals surface area (Å²) >= 11 is 3.49. The van der Waals surface area contributed by atoms with Crippen LogP contribution in [0.15, 0.2) is 10.5 Å². The number of aliphatic hydroxyl groups excluding tert-OH is 1. The van der Waals surface area contributed by atoms with Gasteiger partial charge in [-0.2, -0.15) is 0 Å². The molecule has 94 valence electrons. The Morgan fingerprint density at radius 3 is 2.53 bits per heavy atom. The Morgan fingerprint density at radius 1 is 1.29 bits per heavy atom. The number of benzene rings is 1. The van der Waals surface area contributed by atoms with E-state index in [0.29, 0.717) is 5.92 Å². The van der Waals surface area contributed by atoms with Crippen molar-refractivity contribution in [2.45, 2.75) is 32.6 Å². The standard InChI is InChI=1S/C13H17BrO3/c1-7(2)11-9(8(3)5-15)4-10(14)12-13(11)17-6-16-12/h4,7-8,15H,5-6H2,1-3H3. The summed E-state index contributed by atoms with van der Waals surface area (Å²) < 4.78 is 11.9. The van der Waals surface area contributed by atoms with Crippen LogP contribution in [0.2, 0.25) is 0 Å².